The predicted octanol–water partition coefficient (Wildman–Crippen LogP) is 2.55. The molecule has 1 aromatic rings. The highest BCUT2D eigenvalue weighted by Gasteiger charge is 2.41. The van der Waals surface area contributed by atoms with E-state index in [9.17, 15) is 13.2 Å². The molecule has 20 heavy (non-hydrogen) atoms. The van der Waals surface area contributed by atoms with Gasteiger partial charge in [0.25, 0.3) is 0 Å². The molecule has 0 amide bonds. The van der Waals surface area contributed by atoms with E-state index in [1.54, 1.807) is 19.1 Å². The van der Waals surface area contributed by atoms with Gasteiger partial charge in [0.05, 0.1) is 10.8 Å². The predicted molar refractivity (Wildman–Crippen MR) is 80.9 cm³/mol. The summed E-state index contributed by atoms with van der Waals surface area (Å²) in [5.74, 6) is -1.56. The van der Waals surface area contributed by atoms with Crippen LogP contribution >= 0.6 is 31.9 Å². The zero-order chi connectivity index (χ0) is 15.1. The summed E-state index contributed by atoms with van der Waals surface area (Å²) in [5.41, 5.74) is 0. The Balaban J connectivity index is 2.18. The number of benzene rings is 1. The summed E-state index contributed by atoms with van der Waals surface area (Å²) in [7, 11) is -3.58. The number of nitrogens with zero attached hydrogens (tertiary/aromatic N) is 1. The summed E-state index contributed by atoms with van der Waals surface area (Å²) in [6, 6.07) is 4.94. The SMILES string of the molecule is CC(C(=O)O)C1CN(S(=O)(=O)c2cc(Br)ccc2Br)C1. The molecule has 0 aromatic heterocycles. The molecular weight excluding hydrogens is 414 g/mol. The van der Waals surface area contributed by atoms with Crippen molar-refractivity contribution in [3.05, 3.63) is 27.1 Å². The molecule has 1 aromatic carbocycles. The highest BCUT2D eigenvalue weighted by molar-refractivity contribution is 9.11. The van der Waals surface area contributed by atoms with Gasteiger partial charge in [-0.25, -0.2) is 8.42 Å². The van der Waals surface area contributed by atoms with Crippen molar-refractivity contribution in [2.45, 2.75) is 11.8 Å². The summed E-state index contributed by atoms with van der Waals surface area (Å²) in [5, 5.41) is 8.92. The summed E-state index contributed by atoms with van der Waals surface area (Å²) in [6.45, 7) is 2.09. The Kier molecular flexibility index (Phi) is 4.58. The molecule has 1 heterocycles. The molecule has 1 aliphatic rings. The number of halogens is 2. The van der Waals surface area contributed by atoms with Crippen LogP contribution in [0.25, 0.3) is 0 Å². The van der Waals surface area contributed by atoms with Crippen LogP contribution in [0.4, 0.5) is 0 Å². The standard InChI is InChI=1S/C12H13Br2NO4S/c1-7(12(16)17)8-5-15(6-8)20(18,19)11-4-9(13)2-3-10(11)14/h2-4,7-8H,5-6H2,1H3,(H,16,17). The number of carboxylic acid groups (broad SMARTS) is 1. The Morgan fingerprint density at radius 1 is 1.40 bits per heavy atom. The van der Waals surface area contributed by atoms with Crippen LogP contribution in [0.15, 0.2) is 32.0 Å². The van der Waals surface area contributed by atoms with Gasteiger partial charge in [-0.3, -0.25) is 4.79 Å². The number of carboxylic acids is 1. The van der Waals surface area contributed by atoms with Crippen LogP contribution in [-0.2, 0) is 14.8 Å². The molecule has 1 fully saturated rings. The van der Waals surface area contributed by atoms with E-state index in [4.69, 9.17) is 5.11 Å². The molecule has 0 aliphatic carbocycles. The lowest BCUT2D eigenvalue weighted by atomic mass is 9.89. The Morgan fingerprint density at radius 2 is 2.00 bits per heavy atom. The second kappa shape index (κ2) is 5.75. The molecule has 2 rings (SSSR count). The largest absolute Gasteiger partial charge is 0.481 e. The fourth-order valence-corrected chi connectivity index (χ4v) is 5.01. The molecule has 0 spiro atoms. The lowest BCUT2D eigenvalue weighted by Crippen LogP contribution is -2.53. The van der Waals surface area contributed by atoms with E-state index in [0.29, 0.717) is 8.95 Å². The maximum Gasteiger partial charge on any atom is 0.306 e. The zero-order valence-electron chi connectivity index (χ0n) is 10.6. The molecule has 8 heteroatoms. The van der Waals surface area contributed by atoms with E-state index in [0.717, 1.165) is 0 Å². The van der Waals surface area contributed by atoms with E-state index in [1.165, 1.54) is 10.4 Å². The second-order valence-corrected chi connectivity index (χ2v) is 8.46. The number of aliphatic carboxylic acids is 1. The van der Waals surface area contributed by atoms with Crippen LogP contribution in [0, 0.1) is 11.8 Å². The Labute approximate surface area is 134 Å². The van der Waals surface area contributed by atoms with Crippen molar-refractivity contribution in [2.75, 3.05) is 13.1 Å². The second-order valence-electron chi connectivity index (χ2n) is 4.78. The molecule has 1 N–H and O–H groups in total. The summed E-state index contributed by atoms with van der Waals surface area (Å²) >= 11 is 6.48. The molecule has 110 valence electrons. The third kappa shape index (κ3) is 2.93. The fourth-order valence-electron chi connectivity index (χ4n) is 2.00. The van der Waals surface area contributed by atoms with Crippen molar-refractivity contribution >= 4 is 47.9 Å². The minimum atomic E-state index is -3.58. The Morgan fingerprint density at radius 3 is 2.55 bits per heavy atom. The fraction of sp³-hybridized carbons (Fsp3) is 0.417. The van der Waals surface area contributed by atoms with Gasteiger partial charge in [-0.15, -0.1) is 0 Å². The summed E-state index contributed by atoms with van der Waals surface area (Å²) in [4.78, 5) is 11.1. The molecule has 1 atom stereocenters. The van der Waals surface area contributed by atoms with Crippen LogP contribution in [0.5, 0.6) is 0 Å². The quantitative estimate of drug-likeness (QED) is 0.802. The molecule has 1 saturated heterocycles. The Hall–Kier alpha value is -0.440. The number of carbonyl (C=O) groups is 1. The number of hydrogen-bond donors (Lipinski definition) is 1. The first-order valence-electron chi connectivity index (χ1n) is 5.91. The van der Waals surface area contributed by atoms with Crippen molar-refractivity contribution in [1.82, 2.24) is 4.31 Å². The maximum atomic E-state index is 12.5. The number of hydrogen-bond acceptors (Lipinski definition) is 3. The van der Waals surface area contributed by atoms with Crippen molar-refractivity contribution in [3.8, 4) is 0 Å². The van der Waals surface area contributed by atoms with E-state index < -0.39 is 21.9 Å². The van der Waals surface area contributed by atoms with Gasteiger partial charge in [0, 0.05) is 22.0 Å². The molecule has 5 nitrogen and oxygen atoms in total. The van der Waals surface area contributed by atoms with E-state index >= 15 is 0 Å². The van der Waals surface area contributed by atoms with Gasteiger partial charge < -0.3 is 5.11 Å². The summed E-state index contributed by atoms with van der Waals surface area (Å²) < 4.78 is 27.4. The lowest BCUT2D eigenvalue weighted by Gasteiger charge is -2.40. The molecule has 0 radical (unpaired) electrons. The van der Waals surface area contributed by atoms with Crippen LogP contribution in [-0.4, -0.2) is 36.9 Å². The van der Waals surface area contributed by atoms with Crippen LogP contribution in [0.1, 0.15) is 6.92 Å². The lowest BCUT2D eigenvalue weighted by molar-refractivity contribution is -0.144. The number of sulfonamides is 1. The van der Waals surface area contributed by atoms with Gasteiger partial charge in [-0.1, -0.05) is 22.9 Å². The normalized spacial score (nSPS) is 18.6. The van der Waals surface area contributed by atoms with Crippen molar-refractivity contribution in [1.29, 1.82) is 0 Å². The van der Waals surface area contributed by atoms with Gasteiger partial charge in [0.15, 0.2) is 0 Å². The van der Waals surface area contributed by atoms with Crippen LogP contribution in [0.2, 0.25) is 0 Å². The molecule has 0 saturated carbocycles. The van der Waals surface area contributed by atoms with Gasteiger partial charge in [0.2, 0.25) is 10.0 Å². The first kappa shape index (κ1) is 15.9. The molecular formula is C12H13Br2NO4S. The van der Waals surface area contributed by atoms with Crippen molar-refractivity contribution < 1.29 is 18.3 Å². The zero-order valence-corrected chi connectivity index (χ0v) is 14.6. The first-order chi connectivity index (χ1) is 9.23. The highest BCUT2D eigenvalue weighted by Crippen LogP contribution is 2.33. The third-order valence-corrected chi connectivity index (χ3v) is 6.80. The minimum Gasteiger partial charge on any atom is -0.481 e. The van der Waals surface area contributed by atoms with Gasteiger partial charge in [-0.2, -0.15) is 4.31 Å². The smallest absolute Gasteiger partial charge is 0.306 e. The average Bonchev–Trinajstić information content (AvgIpc) is 2.29. The third-order valence-electron chi connectivity index (χ3n) is 3.48. The summed E-state index contributed by atoms with van der Waals surface area (Å²) in [6.07, 6.45) is 0. The van der Waals surface area contributed by atoms with Crippen LogP contribution < -0.4 is 0 Å². The van der Waals surface area contributed by atoms with Crippen molar-refractivity contribution in [2.24, 2.45) is 11.8 Å². The highest BCUT2D eigenvalue weighted by atomic mass is 79.9. The minimum absolute atomic E-state index is 0.131. The van der Waals surface area contributed by atoms with Gasteiger partial charge >= 0.3 is 5.97 Å². The first-order valence-corrected chi connectivity index (χ1v) is 8.94. The van der Waals surface area contributed by atoms with E-state index in [2.05, 4.69) is 31.9 Å². The van der Waals surface area contributed by atoms with Gasteiger partial charge in [0.1, 0.15) is 0 Å². The van der Waals surface area contributed by atoms with Gasteiger partial charge in [-0.05, 0) is 40.0 Å². The maximum absolute atomic E-state index is 12.5. The van der Waals surface area contributed by atoms with E-state index in [-0.39, 0.29) is 23.9 Å². The van der Waals surface area contributed by atoms with Crippen molar-refractivity contribution in [3.63, 3.8) is 0 Å². The van der Waals surface area contributed by atoms with Crippen LogP contribution in [0.3, 0.4) is 0 Å². The average molecular weight is 427 g/mol. The molecule has 1 unspecified atom stereocenters. The Bertz CT molecular complexity index is 641. The molecule has 0 bridgehead atoms. The topological polar surface area (TPSA) is 74.7 Å². The monoisotopic (exact) mass is 425 g/mol. The number of rotatable bonds is 4. The molecule has 1 aliphatic heterocycles. The van der Waals surface area contributed by atoms with E-state index in [1.807, 2.05) is 0 Å².